The Hall–Kier alpha value is -1.36. The molecule has 0 amide bonds. The summed E-state index contributed by atoms with van der Waals surface area (Å²) in [6.45, 7) is 0. The maximum Gasteiger partial charge on any atom is 0.131 e. The molecule has 2 bridgehead atoms. The SMILES string of the molecule is CN1C2CCC1CC(Nc1cc(NC3CC3)ncn1)C2. The van der Waals surface area contributed by atoms with Gasteiger partial charge in [0, 0.05) is 30.2 Å². The van der Waals surface area contributed by atoms with E-state index in [1.54, 1.807) is 6.33 Å². The number of hydrogen-bond donors (Lipinski definition) is 2. The minimum absolute atomic E-state index is 0.562. The lowest BCUT2D eigenvalue weighted by atomic mass is 9.98. The van der Waals surface area contributed by atoms with Crippen LogP contribution >= 0.6 is 0 Å². The topological polar surface area (TPSA) is 53.1 Å². The van der Waals surface area contributed by atoms with Crippen molar-refractivity contribution in [2.45, 2.75) is 62.7 Å². The van der Waals surface area contributed by atoms with Gasteiger partial charge in [-0.25, -0.2) is 9.97 Å². The van der Waals surface area contributed by atoms with Crippen LogP contribution in [0.5, 0.6) is 0 Å². The summed E-state index contributed by atoms with van der Waals surface area (Å²) in [5.41, 5.74) is 0. The van der Waals surface area contributed by atoms with E-state index in [9.17, 15) is 0 Å². The van der Waals surface area contributed by atoms with Gasteiger partial charge in [-0.15, -0.1) is 0 Å². The van der Waals surface area contributed by atoms with E-state index in [4.69, 9.17) is 0 Å². The molecule has 1 aromatic rings. The Labute approximate surface area is 120 Å². The van der Waals surface area contributed by atoms with Gasteiger partial charge in [0.15, 0.2) is 0 Å². The molecule has 20 heavy (non-hydrogen) atoms. The van der Waals surface area contributed by atoms with Crippen LogP contribution in [-0.4, -0.2) is 46.1 Å². The second-order valence-corrected chi connectivity index (χ2v) is 6.57. The van der Waals surface area contributed by atoms with Crippen molar-refractivity contribution in [2.75, 3.05) is 17.7 Å². The van der Waals surface area contributed by atoms with Gasteiger partial charge in [0.2, 0.25) is 0 Å². The molecule has 0 spiro atoms. The van der Waals surface area contributed by atoms with Crippen LogP contribution in [-0.2, 0) is 0 Å². The molecule has 2 saturated heterocycles. The third-order valence-corrected chi connectivity index (χ3v) is 5.05. The molecule has 5 heteroatoms. The highest BCUT2D eigenvalue weighted by atomic mass is 15.2. The quantitative estimate of drug-likeness (QED) is 0.880. The molecule has 3 aliphatic rings. The molecule has 0 radical (unpaired) electrons. The molecule has 1 aromatic heterocycles. The molecule has 5 nitrogen and oxygen atoms in total. The largest absolute Gasteiger partial charge is 0.367 e. The van der Waals surface area contributed by atoms with Crippen molar-refractivity contribution in [2.24, 2.45) is 0 Å². The summed E-state index contributed by atoms with van der Waals surface area (Å²) >= 11 is 0. The van der Waals surface area contributed by atoms with E-state index in [1.807, 2.05) is 0 Å². The Morgan fingerprint density at radius 2 is 1.55 bits per heavy atom. The van der Waals surface area contributed by atoms with E-state index in [2.05, 4.69) is 38.6 Å². The average molecular weight is 273 g/mol. The van der Waals surface area contributed by atoms with E-state index in [0.29, 0.717) is 12.1 Å². The first kappa shape index (κ1) is 12.4. The number of hydrogen-bond acceptors (Lipinski definition) is 5. The molecule has 3 heterocycles. The molecule has 1 saturated carbocycles. The summed E-state index contributed by atoms with van der Waals surface area (Å²) in [6, 6.07) is 4.78. The van der Waals surface area contributed by atoms with Crippen LogP contribution in [0.3, 0.4) is 0 Å². The van der Waals surface area contributed by atoms with Crippen LogP contribution in [0.4, 0.5) is 11.6 Å². The van der Waals surface area contributed by atoms with Gasteiger partial charge in [-0.05, 0) is 45.6 Å². The highest BCUT2D eigenvalue weighted by molar-refractivity contribution is 5.48. The molecular formula is C15H23N5. The zero-order valence-corrected chi connectivity index (χ0v) is 12.0. The van der Waals surface area contributed by atoms with Gasteiger partial charge in [0.25, 0.3) is 0 Å². The zero-order valence-electron chi connectivity index (χ0n) is 12.0. The lowest BCUT2D eigenvalue weighted by Gasteiger charge is -2.36. The van der Waals surface area contributed by atoms with E-state index in [1.165, 1.54) is 38.5 Å². The Bertz CT molecular complexity index is 473. The number of fused-ring (bicyclic) bond motifs is 2. The number of anilines is 2. The molecule has 2 N–H and O–H groups in total. The first-order valence-electron chi connectivity index (χ1n) is 7.85. The number of nitrogens with zero attached hydrogens (tertiary/aromatic N) is 3. The fraction of sp³-hybridized carbons (Fsp3) is 0.733. The second kappa shape index (κ2) is 4.88. The summed E-state index contributed by atoms with van der Waals surface area (Å²) in [5.74, 6) is 1.93. The van der Waals surface area contributed by atoms with Gasteiger partial charge in [-0.3, -0.25) is 0 Å². The van der Waals surface area contributed by atoms with Gasteiger partial charge >= 0.3 is 0 Å². The molecule has 3 fully saturated rings. The number of nitrogens with one attached hydrogen (secondary N) is 2. The van der Waals surface area contributed by atoms with E-state index >= 15 is 0 Å². The number of rotatable bonds is 4. The lowest BCUT2D eigenvalue weighted by Crippen LogP contribution is -2.44. The fourth-order valence-electron chi connectivity index (χ4n) is 3.69. The van der Waals surface area contributed by atoms with Crippen LogP contribution in [0, 0.1) is 0 Å². The van der Waals surface area contributed by atoms with Gasteiger partial charge in [-0.1, -0.05) is 0 Å². The summed E-state index contributed by atoms with van der Waals surface area (Å²) in [4.78, 5) is 11.2. The standard InChI is InChI=1S/C15H23N5/c1-20-12-4-5-13(20)7-11(6-12)19-15-8-14(16-9-17-15)18-10-2-3-10/h8-13H,2-7H2,1H3,(H2,16,17,18,19). The Morgan fingerprint density at radius 3 is 2.15 bits per heavy atom. The zero-order chi connectivity index (χ0) is 13.5. The van der Waals surface area contributed by atoms with Crippen molar-refractivity contribution >= 4 is 11.6 Å². The van der Waals surface area contributed by atoms with Crippen molar-refractivity contribution in [3.8, 4) is 0 Å². The van der Waals surface area contributed by atoms with Crippen LogP contribution < -0.4 is 10.6 Å². The lowest BCUT2D eigenvalue weighted by molar-refractivity contribution is 0.169. The third-order valence-electron chi connectivity index (χ3n) is 5.05. The maximum atomic E-state index is 4.37. The van der Waals surface area contributed by atoms with Crippen LogP contribution in [0.15, 0.2) is 12.4 Å². The van der Waals surface area contributed by atoms with Crippen LogP contribution in [0.1, 0.15) is 38.5 Å². The molecule has 0 aromatic carbocycles. The summed E-state index contributed by atoms with van der Waals surface area (Å²) < 4.78 is 0. The first-order chi connectivity index (χ1) is 9.78. The van der Waals surface area contributed by atoms with Crippen molar-refractivity contribution in [1.29, 1.82) is 0 Å². The average Bonchev–Trinajstić information content (AvgIpc) is 3.21. The summed E-state index contributed by atoms with van der Waals surface area (Å²) in [7, 11) is 2.28. The fourth-order valence-corrected chi connectivity index (χ4v) is 3.69. The van der Waals surface area contributed by atoms with Crippen molar-refractivity contribution in [1.82, 2.24) is 14.9 Å². The minimum Gasteiger partial charge on any atom is -0.367 e. The smallest absolute Gasteiger partial charge is 0.131 e. The van der Waals surface area contributed by atoms with Crippen LogP contribution in [0.2, 0.25) is 0 Å². The molecule has 108 valence electrons. The molecular weight excluding hydrogens is 250 g/mol. The normalized spacial score (nSPS) is 33.1. The Balaban J connectivity index is 1.41. The molecule has 2 unspecified atom stereocenters. The van der Waals surface area contributed by atoms with Crippen molar-refractivity contribution in [3.63, 3.8) is 0 Å². The Morgan fingerprint density at radius 1 is 0.950 bits per heavy atom. The van der Waals surface area contributed by atoms with Gasteiger partial charge in [-0.2, -0.15) is 0 Å². The molecule has 2 atom stereocenters. The van der Waals surface area contributed by atoms with Crippen molar-refractivity contribution < 1.29 is 0 Å². The first-order valence-corrected chi connectivity index (χ1v) is 7.85. The van der Waals surface area contributed by atoms with E-state index in [-0.39, 0.29) is 0 Å². The maximum absolute atomic E-state index is 4.37. The molecule has 1 aliphatic carbocycles. The third kappa shape index (κ3) is 2.46. The number of piperidine rings is 1. The minimum atomic E-state index is 0.562. The second-order valence-electron chi connectivity index (χ2n) is 6.57. The highest BCUT2D eigenvalue weighted by Crippen LogP contribution is 2.35. The number of aromatic nitrogens is 2. The van der Waals surface area contributed by atoms with E-state index < -0.39 is 0 Å². The van der Waals surface area contributed by atoms with Gasteiger partial charge in [0.1, 0.15) is 18.0 Å². The summed E-state index contributed by atoms with van der Waals surface area (Å²) in [6.07, 6.45) is 9.40. The Kier molecular flexibility index (Phi) is 3.02. The monoisotopic (exact) mass is 273 g/mol. The summed E-state index contributed by atoms with van der Waals surface area (Å²) in [5, 5.41) is 7.05. The van der Waals surface area contributed by atoms with Gasteiger partial charge < -0.3 is 15.5 Å². The molecule has 2 aliphatic heterocycles. The van der Waals surface area contributed by atoms with Crippen LogP contribution in [0.25, 0.3) is 0 Å². The van der Waals surface area contributed by atoms with Crippen molar-refractivity contribution in [3.05, 3.63) is 12.4 Å². The molecule has 4 rings (SSSR count). The predicted octanol–water partition coefficient (Wildman–Crippen LogP) is 2.09. The van der Waals surface area contributed by atoms with E-state index in [0.717, 1.165) is 23.7 Å². The predicted molar refractivity (Wildman–Crippen MR) is 79.9 cm³/mol. The highest BCUT2D eigenvalue weighted by Gasteiger charge is 2.38. The van der Waals surface area contributed by atoms with Gasteiger partial charge in [0.05, 0.1) is 0 Å².